The third-order valence-electron chi connectivity index (χ3n) is 1.89. The summed E-state index contributed by atoms with van der Waals surface area (Å²) in [5.74, 6) is 0.783. The van der Waals surface area contributed by atoms with E-state index in [2.05, 4.69) is 37.2 Å². The zero-order valence-electron chi connectivity index (χ0n) is 6.15. The molecule has 0 heterocycles. The number of carbonyl (C=O) groups is 1. The molecule has 0 aliphatic heterocycles. The molecule has 0 bridgehead atoms. The average molecular weight is 285 g/mol. The molecule has 0 spiro atoms. The molecule has 0 radical (unpaired) electrons. The van der Waals surface area contributed by atoms with Crippen molar-refractivity contribution in [3.63, 3.8) is 0 Å². The van der Waals surface area contributed by atoms with Gasteiger partial charge in [0.25, 0.3) is 0 Å². The quantitative estimate of drug-likeness (QED) is 0.785. The molecule has 1 aliphatic rings. The minimum absolute atomic E-state index is 0.0861. The summed E-state index contributed by atoms with van der Waals surface area (Å²) in [7, 11) is 0. The number of rotatable bonds is 3. The molecular weight excluding hydrogens is 274 g/mol. The van der Waals surface area contributed by atoms with Crippen LogP contribution in [-0.4, -0.2) is 22.6 Å². The molecule has 64 valence electrons. The van der Waals surface area contributed by atoms with E-state index in [1.165, 1.54) is 12.8 Å². The maximum Gasteiger partial charge on any atom is 0.230 e. The Bertz CT molecular complexity index is 145. The first kappa shape index (κ1) is 9.52. The van der Waals surface area contributed by atoms with Crippen molar-refractivity contribution in [2.45, 2.75) is 17.7 Å². The number of hydrogen-bond acceptors (Lipinski definition) is 1. The molecule has 1 aliphatic carbocycles. The molecule has 1 amide bonds. The van der Waals surface area contributed by atoms with Crippen molar-refractivity contribution >= 4 is 37.8 Å². The highest BCUT2D eigenvalue weighted by Gasteiger charge is 2.26. The Kier molecular flexibility index (Phi) is 3.85. The predicted octanol–water partition coefficient (Wildman–Crippen LogP) is 1.67. The Morgan fingerprint density at radius 3 is 2.64 bits per heavy atom. The summed E-state index contributed by atoms with van der Waals surface area (Å²) >= 11 is 6.60. The minimum atomic E-state index is 0.0861. The first-order chi connectivity index (χ1) is 5.22. The summed E-state index contributed by atoms with van der Waals surface area (Å²) in [6.07, 6.45) is 2.39. The fourth-order valence-electron chi connectivity index (χ4n) is 1.13. The third kappa shape index (κ3) is 3.11. The largest absolute Gasteiger partial charge is 0.355 e. The Balaban J connectivity index is 2.00. The second-order valence-electron chi connectivity index (χ2n) is 2.87. The molecular formula is C7H11Br2NO. The zero-order valence-corrected chi connectivity index (χ0v) is 9.32. The molecule has 1 N–H and O–H groups in total. The van der Waals surface area contributed by atoms with Crippen LogP contribution in [0.15, 0.2) is 0 Å². The van der Waals surface area contributed by atoms with E-state index in [1.54, 1.807) is 0 Å². The van der Waals surface area contributed by atoms with Gasteiger partial charge in [-0.3, -0.25) is 4.79 Å². The summed E-state index contributed by atoms with van der Waals surface area (Å²) < 4.78 is 0. The van der Waals surface area contributed by atoms with E-state index in [0.717, 1.165) is 6.54 Å². The van der Waals surface area contributed by atoms with Crippen LogP contribution in [0.3, 0.4) is 0 Å². The van der Waals surface area contributed by atoms with Gasteiger partial charge in [-0.05, 0) is 18.8 Å². The van der Waals surface area contributed by atoms with Crippen molar-refractivity contribution in [2.24, 2.45) is 5.92 Å². The second-order valence-corrected chi connectivity index (χ2v) is 4.73. The van der Waals surface area contributed by atoms with Gasteiger partial charge in [-0.2, -0.15) is 0 Å². The van der Waals surface area contributed by atoms with Gasteiger partial charge in [0, 0.05) is 11.4 Å². The molecule has 1 saturated carbocycles. The Morgan fingerprint density at radius 1 is 1.55 bits per heavy atom. The highest BCUT2D eigenvalue weighted by atomic mass is 79.9. The maximum absolute atomic E-state index is 10.8. The lowest BCUT2D eigenvalue weighted by Crippen LogP contribution is -2.36. The minimum Gasteiger partial charge on any atom is -0.355 e. The van der Waals surface area contributed by atoms with Crippen molar-refractivity contribution in [3.05, 3.63) is 0 Å². The van der Waals surface area contributed by atoms with Gasteiger partial charge in [-0.15, -0.1) is 0 Å². The van der Waals surface area contributed by atoms with Crippen LogP contribution in [-0.2, 0) is 4.79 Å². The average Bonchev–Trinajstić information content (AvgIpc) is 1.95. The first-order valence-electron chi connectivity index (χ1n) is 3.69. The van der Waals surface area contributed by atoms with E-state index in [0.29, 0.717) is 16.1 Å². The van der Waals surface area contributed by atoms with E-state index in [-0.39, 0.29) is 5.91 Å². The molecule has 0 unspecified atom stereocenters. The highest BCUT2D eigenvalue weighted by molar-refractivity contribution is 9.09. The van der Waals surface area contributed by atoms with Crippen LogP contribution in [0, 0.1) is 5.92 Å². The molecule has 0 saturated heterocycles. The van der Waals surface area contributed by atoms with Crippen molar-refractivity contribution in [2.75, 3.05) is 11.9 Å². The molecule has 2 nitrogen and oxygen atoms in total. The van der Waals surface area contributed by atoms with Crippen LogP contribution < -0.4 is 5.32 Å². The van der Waals surface area contributed by atoms with E-state index in [4.69, 9.17) is 0 Å². The van der Waals surface area contributed by atoms with Crippen molar-refractivity contribution in [3.8, 4) is 0 Å². The van der Waals surface area contributed by atoms with Gasteiger partial charge in [-0.25, -0.2) is 0 Å². The number of carbonyl (C=O) groups excluding carboxylic acids is 1. The molecule has 1 rings (SSSR count). The van der Waals surface area contributed by atoms with E-state index in [1.807, 2.05) is 0 Å². The number of hydrogen-bond donors (Lipinski definition) is 1. The molecule has 0 aromatic heterocycles. The lowest BCUT2D eigenvalue weighted by molar-refractivity contribution is -0.118. The van der Waals surface area contributed by atoms with Crippen molar-refractivity contribution in [1.29, 1.82) is 0 Å². The second kappa shape index (κ2) is 4.45. The topological polar surface area (TPSA) is 29.1 Å². The number of nitrogens with one attached hydrogen (secondary N) is 1. The SMILES string of the molecule is O=C(CBr)NCC1CC(Br)C1. The summed E-state index contributed by atoms with van der Waals surface area (Å²) in [5, 5.41) is 3.26. The summed E-state index contributed by atoms with van der Waals surface area (Å²) in [6, 6.07) is 0. The van der Waals surface area contributed by atoms with Gasteiger partial charge in [0.2, 0.25) is 5.91 Å². The summed E-state index contributed by atoms with van der Waals surface area (Å²) in [5.41, 5.74) is 0. The standard InChI is InChI=1S/C7H11Br2NO/c8-3-7(11)10-4-5-1-6(9)2-5/h5-6H,1-4H2,(H,10,11). The summed E-state index contributed by atoms with van der Waals surface area (Å²) in [6.45, 7) is 0.840. The van der Waals surface area contributed by atoms with Gasteiger partial charge in [0.05, 0.1) is 5.33 Å². The Hall–Kier alpha value is 0.430. The van der Waals surface area contributed by atoms with Gasteiger partial charge >= 0.3 is 0 Å². The fourth-order valence-corrected chi connectivity index (χ4v) is 2.38. The third-order valence-corrected chi connectivity index (χ3v) is 3.14. The van der Waals surface area contributed by atoms with E-state index >= 15 is 0 Å². The number of amides is 1. The number of halogens is 2. The monoisotopic (exact) mass is 283 g/mol. The molecule has 0 aromatic carbocycles. The smallest absolute Gasteiger partial charge is 0.230 e. The maximum atomic E-state index is 10.8. The van der Waals surface area contributed by atoms with Crippen LogP contribution in [0.25, 0.3) is 0 Å². The highest BCUT2D eigenvalue weighted by Crippen LogP contribution is 2.32. The Labute approximate surface area is 83.4 Å². The van der Waals surface area contributed by atoms with Crippen molar-refractivity contribution < 1.29 is 4.79 Å². The van der Waals surface area contributed by atoms with Gasteiger partial charge in [-0.1, -0.05) is 31.9 Å². The van der Waals surface area contributed by atoms with Crippen LogP contribution >= 0.6 is 31.9 Å². The van der Waals surface area contributed by atoms with Crippen LogP contribution in [0.5, 0.6) is 0 Å². The fraction of sp³-hybridized carbons (Fsp3) is 0.857. The van der Waals surface area contributed by atoms with Gasteiger partial charge in [0.1, 0.15) is 0 Å². The van der Waals surface area contributed by atoms with Gasteiger partial charge in [0.15, 0.2) is 0 Å². The Morgan fingerprint density at radius 2 is 2.18 bits per heavy atom. The molecule has 0 atom stereocenters. The van der Waals surface area contributed by atoms with E-state index in [9.17, 15) is 4.79 Å². The lowest BCUT2D eigenvalue weighted by atomic mass is 9.85. The predicted molar refractivity (Wildman–Crippen MR) is 52.2 cm³/mol. The normalized spacial score (nSPS) is 29.3. The van der Waals surface area contributed by atoms with Gasteiger partial charge < -0.3 is 5.32 Å². The van der Waals surface area contributed by atoms with Crippen LogP contribution in [0.2, 0.25) is 0 Å². The zero-order chi connectivity index (χ0) is 8.27. The van der Waals surface area contributed by atoms with Crippen LogP contribution in [0.4, 0.5) is 0 Å². The summed E-state index contributed by atoms with van der Waals surface area (Å²) in [4.78, 5) is 11.5. The van der Waals surface area contributed by atoms with Crippen molar-refractivity contribution in [1.82, 2.24) is 5.32 Å². The first-order valence-corrected chi connectivity index (χ1v) is 5.73. The molecule has 0 aromatic rings. The molecule has 1 fully saturated rings. The molecule has 4 heteroatoms. The number of alkyl halides is 2. The lowest BCUT2D eigenvalue weighted by Gasteiger charge is -2.31. The molecule has 11 heavy (non-hydrogen) atoms. The van der Waals surface area contributed by atoms with Crippen LogP contribution in [0.1, 0.15) is 12.8 Å². The van der Waals surface area contributed by atoms with E-state index < -0.39 is 0 Å².